The van der Waals surface area contributed by atoms with Crippen molar-refractivity contribution in [2.45, 2.75) is 6.92 Å². The van der Waals surface area contributed by atoms with E-state index in [-0.39, 0.29) is 0 Å². The molecule has 0 saturated heterocycles. The van der Waals surface area contributed by atoms with Crippen LogP contribution in [0.5, 0.6) is 0 Å². The summed E-state index contributed by atoms with van der Waals surface area (Å²) in [6.07, 6.45) is 1.55. The van der Waals surface area contributed by atoms with Gasteiger partial charge >= 0.3 is 11.8 Å². The lowest BCUT2D eigenvalue weighted by Crippen LogP contribution is -2.29. The van der Waals surface area contributed by atoms with Crippen LogP contribution >= 0.6 is 27.3 Å². The van der Waals surface area contributed by atoms with E-state index in [1.54, 1.807) is 23.7 Å². The van der Waals surface area contributed by atoms with Gasteiger partial charge in [0.15, 0.2) is 5.13 Å². The van der Waals surface area contributed by atoms with Crippen molar-refractivity contribution in [2.24, 2.45) is 0 Å². The summed E-state index contributed by atoms with van der Waals surface area (Å²) >= 11 is 4.62. The number of aryl methyl sites for hydroxylation is 1. The van der Waals surface area contributed by atoms with Gasteiger partial charge in [0, 0.05) is 21.7 Å². The zero-order chi connectivity index (χ0) is 13.8. The highest BCUT2D eigenvalue weighted by atomic mass is 79.9. The number of carbonyl (C=O) groups excluding carboxylic acids is 2. The second-order valence-electron chi connectivity index (χ2n) is 3.71. The van der Waals surface area contributed by atoms with Gasteiger partial charge in [-0.15, -0.1) is 11.3 Å². The summed E-state index contributed by atoms with van der Waals surface area (Å²) in [4.78, 5) is 27.1. The fourth-order valence-electron chi connectivity index (χ4n) is 1.35. The Kier molecular flexibility index (Phi) is 4.28. The lowest BCUT2D eigenvalue weighted by atomic mass is 10.2. The summed E-state index contributed by atoms with van der Waals surface area (Å²) in [6.45, 7) is 1.90. The van der Waals surface area contributed by atoms with Crippen molar-refractivity contribution in [2.75, 3.05) is 10.6 Å². The maximum atomic E-state index is 11.7. The maximum Gasteiger partial charge on any atom is 0.315 e. The number of nitrogens with one attached hydrogen (secondary N) is 2. The summed E-state index contributed by atoms with van der Waals surface area (Å²) in [5.41, 5.74) is 1.54. The third-order valence-electron chi connectivity index (χ3n) is 2.27. The number of thiazole rings is 1. The van der Waals surface area contributed by atoms with Crippen molar-refractivity contribution in [3.63, 3.8) is 0 Å². The molecule has 0 saturated carbocycles. The first-order valence-electron chi connectivity index (χ1n) is 5.34. The van der Waals surface area contributed by atoms with Gasteiger partial charge in [0.05, 0.1) is 0 Å². The second kappa shape index (κ2) is 5.94. The molecule has 0 unspecified atom stereocenters. The number of nitrogens with zero attached hydrogens (tertiary/aromatic N) is 1. The van der Waals surface area contributed by atoms with Crippen molar-refractivity contribution < 1.29 is 9.59 Å². The van der Waals surface area contributed by atoms with E-state index in [1.807, 2.05) is 13.0 Å². The largest absolute Gasteiger partial charge is 0.318 e. The van der Waals surface area contributed by atoms with Gasteiger partial charge in [-0.2, -0.15) is 0 Å². The van der Waals surface area contributed by atoms with Gasteiger partial charge in [-0.05, 0) is 30.7 Å². The maximum absolute atomic E-state index is 11.7. The molecule has 0 atom stereocenters. The molecule has 2 N–H and O–H groups in total. The Labute approximate surface area is 122 Å². The van der Waals surface area contributed by atoms with Crippen LogP contribution in [-0.4, -0.2) is 16.8 Å². The average Bonchev–Trinajstić information content (AvgIpc) is 2.86. The number of amides is 2. The summed E-state index contributed by atoms with van der Waals surface area (Å²) in [6, 6.07) is 5.30. The Hall–Kier alpha value is -1.73. The zero-order valence-corrected chi connectivity index (χ0v) is 12.3. The van der Waals surface area contributed by atoms with Gasteiger partial charge < -0.3 is 5.32 Å². The van der Waals surface area contributed by atoms with E-state index in [0.717, 1.165) is 10.0 Å². The van der Waals surface area contributed by atoms with Crippen molar-refractivity contribution >= 4 is 49.9 Å². The molecule has 0 aliphatic carbocycles. The van der Waals surface area contributed by atoms with Crippen molar-refractivity contribution in [3.05, 3.63) is 39.8 Å². The number of hydrogen-bond acceptors (Lipinski definition) is 4. The number of anilines is 2. The highest BCUT2D eigenvalue weighted by Crippen LogP contribution is 2.20. The highest BCUT2D eigenvalue weighted by Gasteiger charge is 2.15. The molecule has 0 aliphatic rings. The minimum absolute atomic E-state index is 0.395. The molecule has 0 aliphatic heterocycles. The van der Waals surface area contributed by atoms with Crippen molar-refractivity contribution in [3.8, 4) is 0 Å². The van der Waals surface area contributed by atoms with Gasteiger partial charge in [0.2, 0.25) is 0 Å². The molecule has 2 aromatic rings. The van der Waals surface area contributed by atoms with Crippen LogP contribution in [-0.2, 0) is 9.59 Å². The summed E-state index contributed by atoms with van der Waals surface area (Å²) < 4.78 is 0.942. The number of halogens is 1. The number of aromatic nitrogens is 1. The zero-order valence-electron chi connectivity index (χ0n) is 9.94. The van der Waals surface area contributed by atoms with E-state index in [4.69, 9.17) is 0 Å². The van der Waals surface area contributed by atoms with Crippen LogP contribution in [0.1, 0.15) is 5.56 Å². The molecule has 0 bridgehead atoms. The number of benzene rings is 1. The molecule has 1 heterocycles. The van der Waals surface area contributed by atoms with Gasteiger partial charge in [-0.1, -0.05) is 15.9 Å². The summed E-state index contributed by atoms with van der Waals surface area (Å²) in [5.74, 6) is -1.47. The van der Waals surface area contributed by atoms with Crippen LogP contribution in [0.4, 0.5) is 10.8 Å². The number of carbonyl (C=O) groups is 2. The van der Waals surface area contributed by atoms with Gasteiger partial charge in [-0.3, -0.25) is 14.9 Å². The first-order valence-corrected chi connectivity index (χ1v) is 7.01. The lowest BCUT2D eigenvalue weighted by molar-refractivity contribution is -0.132. The molecule has 0 radical (unpaired) electrons. The monoisotopic (exact) mass is 339 g/mol. The van der Waals surface area contributed by atoms with Crippen LogP contribution in [0.15, 0.2) is 34.2 Å². The Morgan fingerprint density at radius 1 is 1.26 bits per heavy atom. The third-order valence-corrected chi connectivity index (χ3v) is 3.85. The Morgan fingerprint density at radius 3 is 2.63 bits per heavy atom. The molecule has 5 nitrogen and oxygen atoms in total. The number of hydrogen-bond donors (Lipinski definition) is 2. The van der Waals surface area contributed by atoms with Gasteiger partial charge in [-0.25, -0.2) is 4.98 Å². The molecular weight excluding hydrogens is 330 g/mol. The SMILES string of the molecule is Cc1cc(NC(=O)C(=O)Nc2nccs2)ccc1Br. The molecule has 7 heteroatoms. The molecule has 98 valence electrons. The Balaban J connectivity index is 2.00. The fraction of sp³-hybridized carbons (Fsp3) is 0.0833. The third kappa shape index (κ3) is 3.62. The number of rotatable bonds is 2. The molecule has 1 aromatic heterocycles. The average molecular weight is 340 g/mol. The fourth-order valence-corrected chi connectivity index (χ4v) is 2.12. The Bertz CT molecular complexity index is 613. The molecule has 0 fully saturated rings. The van der Waals surface area contributed by atoms with E-state index >= 15 is 0 Å². The van der Waals surface area contributed by atoms with E-state index in [9.17, 15) is 9.59 Å². The minimum Gasteiger partial charge on any atom is -0.318 e. The van der Waals surface area contributed by atoms with Crippen LogP contribution in [0.25, 0.3) is 0 Å². The molecule has 0 spiro atoms. The second-order valence-corrected chi connectivity index (χ2v) is 5.46. The van der Waals surface area contributed by atoms with Crippen LogP contribution in [0, 0.1) is 6.92 Å². The lowest BCUT2D eigenvalue weighted by Gasteiger charge is -2.06. The summed E-state index contributed by atoms with van der Waals surface area (Å²) in [7, 11) is 0. The standard InChI is InChI=1S/C12H10BrN3O2S/c1-7-6-8(2-3-9(7)13)15-10(17)11(18)16-12-14-4-5-19-12/h2-6H,1H3,(H,15,17)(H,14,16,18). The van der Waals surface area contributed by atoms with E-state index in [2.05, 4.69) is 31.5 Å². The predicted molar refractivity (Wildman–Crippen MR) is 78.3 cm³/mol. The molecule has 2 rings (SSSR count). The van der Waals surface area contributed by atoms with Gasteiger partial charge in [0.1, 0.15) is 0 Å². The van der Waals surface area contributed by atoms with Crippen LogP contribution in [0.2, 0.25) is 0 Å². The summed E-state index contributed by atoms with van der Waals surface area (Å²) in [5, 5.41) is 7.05. The van der Waals surface area contributed by atoms with E-state index < -0.39 is 11.8 Å². The Morgan fingerprint density at radius 2 is 2.00 bits per heavy atom. The van der Waals surface area contributed by atoms with Crippen molar-refractivity contribution in [1.82, 2.24) is 4.98 Å². The smallest absolute Gasteiger partial charge is 0.315 e. The molecule has 1 aromatic carbocycles. The topological polar surface area (TPSA) is 71.1 Å². The minimum atomic E-state index is -0.740. The highest BCUT2D eigenvalue weighted by molar-refractivity contribution is 9.10. The normalized spacial score (nSPS) is 10.0. The van der Waals surface area contributed by atoms with Crippen LogP contribution in [0.3, 0.4) is 0 Å². The van der Waals surface area contributed by atoms with Crippen LogP contribution < -0.4 is 10.6 Å². The molecule has 2 amide bonds. The predicted octanol–water partition coefficient (Wildman–Crippen LogP) is 2.79. The molecule has 19 heavy (non-hydrogen) atoms. The van der Waals surface area contributed by atoms with Gasteiger partial charge in [0.25, 0.3) is 0 Å². The first-order chi connectivity index (χ1) is 9.06. The first kappa shape index (κ1) is 13.7. The van der Waals surface area contributed by atoms with E-state index in [0.29, 0.717) is 10.8 Å². The van der Waals surface area contributed by atoms with Crippen molar-refractivity contribution in [1.29, 1.82) is 0 Å². The quantitative estimate of drug-likeness (QED) is 0.826. The van der Waals surface area contributed by atoms with E-state index in [1.165, 1.54) is 11.3 Å². The molecular formula is C12H10BrN3O2S.